The van der Waals surface area contributed by atoms with Crippen LogP contribution < -0.4 is 10.5 Å². The van der Waals surface area contributed by atoms with E-state index in [0.29, 0.717) is 11.7 Å². The molecule has 1 aromatic rings. The molecule has 2 N–H and O–H groups in total. The highest BCUT2D eigenvalue weighted by Crippen LogP contribution is 2.16. The zero-order valence-corrected chi connectivity index (χ0v) is 8.32. The van der Waals surface area contributed by atoms with E-state index in [0.717, 1.165) is 5.75 Å². The van der Waals surface area contributed by atoms with Crippen LogP contribution in [-0.4, -0.2) is 11.1 Å². The smallest absolute Gasteiger partial charge is 0.126 e. The molecule has 0 radical (unpaired) electrons. The number of ether oxygens (including phenoxy) is 1. The van der Waals surface area contributed by atoms with Crippen LogP contribution in [0.2, 0.25) is 0 Å². The van der Waals surface area contributed by atoms with Gasteiger partial charge in [0.15, 0.2) is 0 Å². The maximum atomic E-state index is 5.64. The maximum Gasteiger partial charge on any atom is 0.126 e. The topological polar surface area (TPSA) is 48.1 Å². The van der Waals surface area contributed by atoms with Gasteiger partial charge in [-0.3, -0.25) is 0 Å². The van der Waals surface area contributed by atoms with Crippen LogP contribution in [0.25, 0.3) is 0 Å². The number of pyridine rings is 1. The molecule has 0 fully saturated rings. The molecule has 72 valence electrons. The second-order valence-electron chi connectivity index (χ2n) is 3.48. The first kappa shape index (κ1) is 9.84. The van der Waals surface area contributed by atoms with Gasteiger partial charge in [0.25, 0.3) is 0 Å². The van der Waals surface area contributed by atoms with E-state index in [2.05, 4.69) is 18.8 Å². The minimum Gasteiger partial charge on any atom is -0.490 e. The van der Waals surface area contributed by atoms with Crippen molar-refractivity contribution >= 4 is 5.82 Å². The van der Waals surface area contributed by atoms with Crippen LogP contribution in [0.5, 0.6) is 5.75 Å². The Morgan fingerprint density at radius 3 is 2.62 bits per heavy atom. The number of rotatable bonds is 3. The lowest BCUT2D eigenvalue weighted by Crippen LogP contribution is -2.18. The van der Waals surface area contributed by atoms with E-state index in [4.69, 9.17) is 10.5 Å². The van der Waals surface area contributed by atoms with E-state index in [1.54, 1.807) is 12.3 Å². The van der Waals surface area contributed by atoms with Gasteiger partial charge >= 0.3 is 0 Å². The van der Waals surface area contributed by atoms with Crippen LogP contribution in [0.3, 0.4) is 0 Å². The summed E-state index contributed by atoms with van der Waals surface area (Å²) < 4.78 is 5.64. The van der Waals surface area contributed by atoms with E-state index in [1.165, 1.54) is 0 Å². The van der Waals surface area contributed by atoms with Gasteiger partial charge < -0.3 is 10.5 Å². The summed E-state index contributed by atoms with van der Waals surface area (Å²) in [6.45, 7) is 6.28. The van der Waals surface area contributed by atoms with E-state index < -0.39 is 0 Å². The Bertz CT molecular complexity index is 273. The molecule has 13 heavy (non-hydrogen) atoms. The second kappa shape index (κ2) is 4.12. The number of hydrogen-bond acceptors (Lipinski definition) is 3. The SMILES string of the molecule is CC(C)C(C)Oc1ccnc(N)c1. The summed E-state index contributed by atoms with van der Waals surface area (Å²) in [7, 11) is 0. The fourth-order valence-corrected chi connectivity index (χ4v) is 0.852. The zero-order chi connectivity index (χ0) is 9.84. The Morgan fingerprint density at radius 1 is 1.38 bits per heavy atom. The molecular weight excluding hydrogens is 164 g/mol. The first-order chi connectivity index (χ1) is 6.09. The Balaban J connectivity index is 2.64. The summed E-state index contributed by atoms with van der Waals surface area (Å²) in [5, 5.41) is 0. The standard InChI is InChI=1S/C10H16N2O/c1-7(2)8(3)13-9-4-5-12-10(11)6-9/h4-8H,1-3H3,(H2,11,12). The minimum absolute atomic E-state index is 0.196. The van der Waals surface area contributed by atoms with Gasteiger partial charge in [-0.15, -0.1) is 0 Å². The van der Waals surface area contributed by atoms with E-state index in [-0.39, 0.29) is 6.10 Å². The minimum atomic E-state index is 0.196. The molecule has 0 saturated carbocycles. The van der Waals surface area contributed by atoms with Crippen molar-refractivity contribution in [1.82, 2.24) is 4.98 Å². The second-order valence-corrected chi connectivity index (χ2v) is 3.48. The molecule has 0 aliphatic heterocycles. The average Bonchev–Trinajstić information content (AvgIpc) is 2.04. The van der Waals surface area contributed by atoms with E-state index >= 15 is 0 Å². The first-order valence-electron chi connectivity index (χ1n) is 4.48. The monoisotopic (exact) mass is 180 g/mol. The third-order valence-electron chi connectivity index (χ3n) is 2.01. The van der Waals surface area contributed by atoms with Gasteiger partial charge in [0, 0.05) is 12.3 Å². The van der Waals surface area contributed by atoms with Gasteiger partial charge in [-0.1, -0.05) is 13.8 Å². The highest BCUT2D eigenvalue weighted by atomic mass is 16.5. The van der Waals surface area contributed by atoms with Crippen molar-refractivity contribution in [2.75, 3.05) is 5.73 Å². The van der Waals surface area contributed by atoms with Gasteiger partial charge in [-0.2, -0.15) is 0 Å². The van der Waals surface area contributed by atoms with Crippen LogP contribution in [0.15, 0.2) is 18.3 Å². The zero-order valence-electron chi connectivity index (χ0n) is 8.32. The van der Waals surface area contributed by atoms with Crippen molar-refractivity contribution in [3.05, 3.63) is 18.3 Å². The Hall–Kier alpha value is -1.25. The summed E-state index contributed by atoms with van der Waals surface area (Å²) >= 11 is 0. The molecule has 3 heteroatoms. The van der Waals surface area contributed by atoms with Gasteiger partial charge in [0.1, 0.15) is 11.6 Å². The molecule has 1 heterocycles. The van der Waals surface area contributed by atoms with Gasteiger partial charge in [0.2, 0.25) is 0 Å². The van der Waals surface area contributed by atoms with Crippen molar-refractivity contribution in [2.24, 2.45) is 5.92 Å². The van der Waals surface area contributed by atoms with Crippen molar-refractivity contribution < 1.29 is 4.74 Å². The van der Waals surface area contributed by atoms with Crippen LogP contribution in [0.1, 0.15) is 20.8 Å². The molecule has 0 amide bonds. The molecular formula is C10H16N2O. The molecule has 0 aliphatic carbocycles. The molecule has 0 aromatic carbocycles. The van der Waals surface area contributed by atoms with Crippen LogP contribution in [0, 0.1) is 5.92 Å². The van der Waals surface area contributed by atoms with Crippen molar-refractivity contribution in [3.63, 3.8) is 0 Å². The molecule has 0 aliphatic rings. The quantitative estimate of drug-likeness (QED) is 0.774. The van der Waals surface area contributed by atoms with Crippen LogP contribution in [0.4, 0.5) is 5.82 Å². The molecule has 3 nitrogen and oxygen atoms in total. The predicted octanol–water partition coefficient (Wildman–Crippen LogP) is 2.09. The third kappa shape index (κ3) is 2.93. The Morgan fingerprint density at radius 2 is 2.08 bits per heavy atom. The summed E-state index contributed by atoms with van der Waals surface area (Å²) in [5.41, 5.74) is 5.52. The average molecular weight is 180 g/mol. The number of nitrogen functional groups attached to an aromatic ring is 1. The number of nitrogens with two attached hydrogens (primary N) is 1. The van der Waals surface area contributed by atoms with Gasteiger partial charge in [-0.25, -0.2) is 4.98 Å². The number of nitrogens with zero attached hydrogens (tertiary/aromatic N) is 1. The lowest BCUT2D eigenvalue weighted by molar-refractivity contribution is 0.170. The molecule has 1 atom stereocenters. The highest BCUT2D eigenvalue weighted by Gasteiger charge is 2.08. The molecule has 1 aromatic heterocycles. The van der Waals surface area contributed by atoms with Crippen LogP contribution >= 0.6 is 0 Å². The van der Waals surface area contributed by atoms with Crippen molar-refractivity contribution in [2.45, 2.75) is 26.9 Å². The number of aromatic nitrogens is 1. The van der Waals surface area contributed by atoms with E-state index in [9.17, 15) is 0 Å². The lowest BCUT2D eigenvalue weighted by Gasteiger charge is -2.17. The lowest BCUT2D eigenvalue weighted by atomic mass is 10.1. The normalized spacial score (nSPS) is 12.9. The molecule has 1 unspecified atom stereocenters. The van der Waals surface area contributed by atoms with E-state index in [1.807, 2.05) is 13.0 Å². The third-order valence-corrected chi connectivity index (χ3v) is 2.01. The maximum absolute atomic E-state index is 5.64. The molecule has 0 spiro atoms. The number of anilines is 1. The Labute approximate surface area is 78.9 Å². The fraction of sp³-hybridized carbons (Fsp3) is 0.500. The highest BCUT2D eigenvalue weighted by molar-refractivity contribution is 5.35. The van der Waals surface area contributed by atoms with Crippen molar-refractivity contribution in [3.8, 4) is 5.75 Å². The Kier molecular flexibility index (Phi) is 3.12. The number of hydrogen-bond donors (Lipinski definition) is 1. The summed E-state index contributed by atoms with van der Waals surface area (Å²) in [4.78, 5) is 3.89. The predicted molar refractivity (Wildman–Crippen MR) is 53.6 cm³/mol. The summed E-state index contributed by atoms with van der Waals surface area (Å²) in [6.07, 6.45) is 1.85. The first-order valence-corrected chi connectivity index (χ1v) is 4.48. The van der Waals surface area contributed by atoms with Gasteiger partial charge in [-0.05, 0) is 18.9 Å². The largest absolute Gasteiger partial charge is 0.490 e. The summed E-state index contributed by atoms with van der Waals surface area (Å²) in [6, 6.07) is 3.55. The molecule has 0 bridgehead atoms. The van der Waals surface area contributed by atoms with Gasteiger partial charge in [0.05, 0.1) is 6.10 Å². The van der Waals surface area contributed by atoms with Crippen molar-refractivity contribution in [1.29, 1.82) is 0 Å². The van der Waals surface area contributed by atoms with Crippen LogP contribution in [-0.2, 0) is 0 Å². The molecule has 0 saturated heterocycles. The fourth-order valence-electron chi connectivity index (χ4n) is 0.852. The molecule has 1 rings (SSSR count). The summed E-state index contributed by atoms with van der Waals surface area (Å²) in [5.74, 6) is 1.77.